The summed E-state index contributed by atoms with van der Waals surface area (Å²) in [5.41, 5.74) is 3.26. The molecule has 184 valence electrons. The van der Waals surface area contributed by atoms with Crippen LogP contribution >= 0.6 is 27.7 Å². The zero-order valence-corrected chi connectivity index (χ0v) is 22.7. The number of carbonyl (C=O) groups is 2. The van der Waals surface area contributed by atoms with Gasteiger partial charge in [-0.25, -0.2) is 0 Å². The fourth-order valence-electron chi connectivity index (χ4n) is 3.83. The molecule has 1 atom stereocenters. The molecule has 2 amide bonds. The molecule has 3 aromatic carbocycles. The first-order chi connectivity index (χ1) is 16.9. The highest BCUT2D eigenvalue weighted by atomic mass is 79.9. The van der Waals surface area contributed by atoms with E-state index in [-0.39, 0.29) is 17.9 Å². The van der Waals surface area contributed by atoms with E-state index >= 15 is 0 Å². The fourth-order valence-corrected chi connectivity index (χ4v) is 5.17. The molecule has 0 fully saturated rings. The van der Waals surface area contributed by atoms with Crippen molar-refractivity contribution in [2.45, 2.75) is 51.1 Å². The maximum atomic E-state index is 13.6. The van der Waals surface area contributed by atoms with Gasteiger partial charge in [0.05, 0.1) is 0 Å². The molecule has 0 spiro atoms. The molecular weight excluding hydrogens is 520 g/mol. The van der Waals surface area contributed by atoms with Gasteiger partial charge in [-0.1, -0.05) is 88.7 Å². The van der Waals surface area contributed by atoms with E-state index in [2.05, 4.69) is 33.4 Å². The van der Waals surface area contributed by atoms with Crippen molar-refractivity contribution in [1.29, 1.82) is 0 Å². The number of benzene rings is 3. The molecule has 0 aliphatic heterocycles. The van der Waals surface area contributed by atoms with Crippen LogP contribution in [0.1, 0.15) is 37.0 Å². The zero-order valence-electron chi connectivity index (χ0n) is 20.3. The average Bonchev–Trinajstić information content (AvgIpc) is 2.85. The lowest BCUT2D eigenvalue weighted by Gasteiger charge is -2.32. The number of nitrogens with one attached hydrogen (secondary N) is 1. The Morgan fingerprint density at radius 3 is 2.14 bits per heavy atom. The van der Waals surface area contributed by atoms with Gasteiger partial charge in [0.15, 0.2) is 0 Å². The first kappa shape index (κ1) is 27.0. The SMILES string of the molecule is CC(C)NC(=O)[C@@H](Cc1ccccc1)N(Cc1cccc(Br)c1)C(=O)CCSCc1ccccc1. The lowest BCUT2D eigenvalue weighted by molar-refractivity contribution is -0.141. The lowest BCUT2D eigenvalue weighted by atomic mass is 10.0. The maximum Gasteiger partial charge on any atom is 0.243 e. The predicted octanol–water partition coefficient (Wildman–Crippen LogP) is 6.24. The van der Waals surface area contributed by atoms with Crippen LogP contribution in [0.2, 0.25) is 0 Å². The summed E-state index contributed by atoms with van der Waals surface area (Å²) >= 11 is 5.27. The van der Waals surface area contributed by atoms with Crippen LogP contribution in [0.5, 0.6) is 0 Å². The number of halogens is 1. The number of rotatable bonds is 12. The first-order valence-electron chi connectivity index (χ1n) is 11.9. The van der Waals surface area contributed by atoms with Crippen LogP contribution in [0.15, 0.2) is 89.4 Å². The Labute approximate surface area is 221 Å². The first-order valence-corrected chi connectivity index (χ1v) is 13.9. The molecule has 35 heavy (non-hydrogen) atoms. The standard InChI is InChI=1S/C29H33BrN2O2S/c1-22(2)31-29(34)27(19-23-10-5-3-6-11-23)32(20-25-14-9-15-26(30)18-25)28(33)16-17-35-21-24-12-7-4-8-13-24/h3-15,18,22,27H,16-17,19-21H2,1-2H3,(H,31,34)/t27-/m1/s1. The molecule has 6 heteroatoms. The molecule has 0 heterocycles. The third-order valence-corrected chi connectivity index (χ3v) is 7.04. The summed E-state index contributed by atoms with van der Waals surface area (Å²) in [6, 6.07) is 27.5. The number of hydrogen-bond donors (Lipinski definition) is 1. The molecule has 0 aliphatic carbocycles. The van der Waals surface area contributed by atoms with Crippen molar-refractivity contribution in [3.63, 3.8) is 0 Å². The van der Waals surface area contributed by atoms with Gasteiger partial charge in [0.1, 0.15) is 6.04 Å². The summed E-state index contributed by atoms with van der Waals surface area (Å²) in [4.78, 5) is 28.7. The average molecular weight is 554 g/mol. The van der Waals surface area contributed by atoms with Crippen molar-refractivity contribution >= 4 is 39.5 Å². The summed E-state index contributed by atoms with van der Waals surface area (Å²) in [6.45, 7) is 4.26. The minimum atomic E-state index is -0.592. The third-order valence-electron chi connectivity index (χ3n) is 5.52. The zero-order chi connectivity index (χ0) is 25.0. The molecule has 0 radical (unpaired) electrons. The van der Waals surface area contributed by atoms with Crippen LogP contribution in [-0.2, 0) is 28.3 Å². The highest BCUT2D eigenvalue weighted by Crippen LogP contribution is 2.20. The maximum absolute atomic E-state index is 13.6. The quantitative estimate of drug-likeness (QED) is 0.270. The van der Waals surface area contributed by atoms with E-state index in [1.807, 2.05) is 86.6 Å². The predicted molar refractivity (Wildman–Crippen MR) is 149 cm³/mol. The second-order valence-electron chi connectivity index (χ2n) is 8.81. The summed E-state index contributed by atoms with van der Waals surface area (Å²) in [6.07, 6.45) is 0.849. The van der Waals surface area contributed by atoms with E-state index in [0.29, 0.717) is 25.1 Å². The van der Waals surface area contributed by atoms with Gasteiger partial charge in [0.25, 0.3) is 0 Å². The van der Waals surface area contributed by atoms with Crippen molar-refractivity contribution in [1.82, 2.24) is 10.2 Å². The summed E-state index contributed by atoms with van der Waals surface area (Å²) in [7, 11) is 0. The van der Waals surface area contributed by atoms with Gasteiger partial charge in [-0.2, -0.15) is 11.8 Å². The summed E-state index contributed by atoms with van der Waals surface area (Å²) in [5, 5.41) is 3.04. The second-order valence-corrected chi connectivity index (χ2v) is 10.8. The van der Waals surface area contributed by atoms with Gasteiger partial charge >= 0.3 is 0 Å². The smallest absolute Gasteiger partial charge is 0.243 e. The number of hydrogen-bond acceptors (Lipinski definition) is 3. The van der Waals surface area contributed by atoms with Gasteiger partial charge in [-0.3, -0.25) is 9.59 Å². The monoisotopic (exact) mass is 552 g/mol. The molecule has 0 unspecified atom stereocenters. The van der Waals surface area contributed by atoms with E-state index in [1.54, 1.807) is 16.7 Å². The number of nitrogens with zero attached hydrogens (tertiary/aromatic N) is 1. The number of amides is 2. The highest BCUT2D eigenvalue weighted by molar-refractivity contribution is 9.10. The second kappa shape index (κ2) is 14.1. The normalized spacial score (nSPS) is 11.8. The van der Waals surface area contributed by atoms with Crippen LogP contribution in [0, 0.1) is 0 Å². The highest BCUT2D eigenvalue weighted by Gasteiger charge is 2.30. The Balaban J connectivity index is 1.79. The number of carbonyl (C=O) groups excluding carboxylic acids is 2. The third kappa shape index (κ3) is 9.19. The molecule has 0 aliphatic rings. The van der Waals surface area contributed by atoms with Crippen LogP contribution in [0.25, 0.3) is 0 Å². The minimum Gasteiger partial charge on any atom is -0.352 e. The van der Waals surface area contributed by atoms with Crippen molar-refractivity contribution in [3.8, 4) is 0 Å². The lowest BCUT2D eigenvalue weighted by Crippen LogP contribution is -2.51. The van der Waals surface area contributed by atoms with E-state index in [0.717, 1.165) is 21.4 Å². The van der Waals surface area contributed by atoms with Crippen molar-refractivity contribution in [2.75, 3.05) is 5.75 Å². The topological polar surface area (TPSA) is 49.4 Å². The van der Waals surface area contributed by atoms with Crippen LogP contribution in [0.3, 0.4) is 0 Å². The van der Waals surface area contributed by atoms with E-state index in [1.165, 1.54) is 5.56 Å². The molecule has 3 aromatic rings. The largest absolute Gasteiger partial charge is 0.352 e. The van der Waals surface area contributed by atoms with Crippen LogP contribution in [-0.4, -0.2) is 34.6 Å². The van der Waals surface area contributed by atoms with Crippen LogP contribution < -0.4 is 5.32 Å². The Bertz CT molecular complexity index is 1080. The fraction of sp³-hybridized carbons (Fsp3) is 0.310. The Hall–Kier alpha value is -2.57. The van der Waals surface area contributed by atoms with Gasteiger partial charge in [0, 0.05) is 41.4 Å². The Morgan fingerprint density at radius 2 is 1.51 bits per heavy atom. The van der Waals surface area contributed by atoms with E-state index in [9.17, 15) is 9.59 Å². The van der Waals surface area contributed by atoms with Gasteiger partial charge in [-0.05, 0) is 42.7 Å². The van der Waals surface area contributed by atoms with E-state index < -0.39 is 6.04 Å². The summed E-state index contributed by atoms with van der Waals surface area (Å²) in [5.74, 6) is 1.43. The Morgan fingerprint density at radius 1 is 0.886 bits per heavy atom. The molecule has 1 N–H and O–H groups in total. The Kier molecular flexibility index (Phi) is 10.9. The van der Waals surface area contributed by atoms with Crippen molar-refractivity contribution in [3.05, 3.63) is 106 Å². The van der Waals surface area contributed by atoms with Gasteiger partial charge < -0.3 is 10.2 Å². The molecule has 0 saturated heterocycles. The summed E-state index contributed by atoms with van der Waals surface area (Å²) < 4.78 is 0.951. The molecular formula is C29H33BrN2O2S. The van der Waals surface area contributed by atoms with E-state index in [4.69, 9.17) is 0 Å². The molecule has 0 aromatic heterocycles. The molecule has 4 nitrogen and oxygen atoms in total. The molecule has 0 bridgehead atoms. The van der Waals surface area contributed by atoms with Crippen molar-refractivity contribution in [2.24, 2.45) is 0 Å². The van der Waals surface area contributed by atoms with Gasteiger partial charge in [-0.15, -0.1) is 0 Å². The molecule has 0 saturated carbocycles. The van der Waals surface area contributed by atoms with Gasteiger partial charge in [0.2, 0.25) is 11.8 Å². The minimum absolute atomic E-state index is 0.00891. The van der Waals surface area contributed by atoms with Crippen LogP contribution in [0.4, 0.5) is 0 Å². The molecule has 3 rings (SSSR count). The van der Waals surface area contributed by atoms with Crippen molar-refractivity contribution < 1.29 is 9.59 Å². The number of thioether (sulfide) groups is 1.